The zero-order chi connectivity index (χ0) is 19.6. The number of hydrogen-bond acceptors (Lipinski definition) is 4. The number of nitrogens with zero attached hydrogens (tertiary/aromatic N) is 2. The van der Waals surface area contributed by atoms with E-state index >= 15 is 0 Å². The second-order valence-electron chi connectivity index (χ2n) is 7.93. The zero-order valence-electron chi connectivity index (χ0n) is 16.6. The molecule has 1 aliphatic carbocycles. The van der Waals surface area contributed by atoms with Crippen molar-refractivity contribution in [3.8, 4) is 0 Å². The van der Waals surface area contributed by atoms with Crippen LogP contribution in [0.1, 0.15) is 66.6 Å². The van der Waals surface area contributed by atoms with E-state index in [1.807, 2.05) is 13.8 Å². The number of carbonyl (C=O) groups is 2. The Morgan fingerprint density at radius 2 is 1.81 bits per heavy atom. The average Bonchev–Trinajstić information content (AvgIpc) is 3.17. The first kappa shape index (κ1) is 19.6. The number of amides is 1. The van der Waals surface area contributed by atoms with E-state index in [0.717, 1.165) is 30.5 Å². The first-order valence-electron chi connectivity index (χ1n) is 10.0. The van der Waals surface area contributed by atoms with Crippen LogP contribution in [0.5, 0.6) is 0 Å². The first-order valence-corrected chi connectivity index (χ1v) is 10.0. The third-order valence-electron chi connectivity index (χ3n) is 6.19. The number of pyridine rings is 1. The Hall–Kier alpha value is -2.11. The maximum absolute atomic E-state index is 13.2. The molecule has 1 saturated carbocycles. The largest absolute Gasteiger partial charge is 0.467 e. The Kier molecular flexibility index (Phi) is 6.02. The number of aryl methyl sites for hydroxylation is 1. The average molecular weight is 374 g/mol. The molecule has 1 aromatic heterocycles. The topological polar surface area (TPSA) is 68.6 Å². The molecule has 2 aliphatic rings. The van der Waals surface area contributed by atoms with E-state index < -0.39 is 12.0 Å². The smallest absolute Gasteiger partial charge is 0.328 e. The van der Waals surface area contributed by atoms with Gasteiger partial charge in [0.05, 0.1) is 7.11 Å². The molecule has 0 bridgehead atoms. The maximum atomic E-state index is 13.2. The van der Waals surface area contributed by atoms with Gasteiger partial charge in [-0.2, -0.15) is 0 Å². The molecule has 27 heavy (non-hydrogen) atoms. The maximum Gasteiger partial charge on any atom is 0.328 e. The molecule has 0 aromatic carbocycles. The van der Waals surface area contributed by atoms with E-state index in [4.69, 9.17) is 4.74 Å². The predicted octanol–water partition coefficient (Wildman–Crippen LogP) is 2.82. The summed E-state index contributed by atoms with van der Waals surface area (Å²) >= 11 is 0. The lowest BCUT2D eigenvalue weighted by Gasteiger charge is -2.26. The molecular formula is C21H30N2O4. The molecule has 6 nitrogen and oxygen atoms in total. The van der Waals surface area contributed by atoms with Gasteiger partial charge >= 0.3 is 5.97 Å². The van der Waals surface area contributed by atoms with Gasteiger partial charge in [-0.15, -0.1) is 0 Å². The molecule has 0 radical (unpaired) electrons. The Morgan fingerprint density at radius 3 is 2.48 bits per heavy atom. The minimum Gasteiger partial charge on any atom is -0.467 e. The SMILES string of the molecule is COC(=O)[C@@H]1CCCN1C(=O)c1cc(C)c(C)n(CC2CCCCC2)c1=O. The van der Waals surface area contributed by atoms with Crippen molar-refractivity contribution >= 4 is 11.9 Å². The van der Waals surface area contributed by atoms with Crippen LogP contribution in [0.25, 0.3) is 0 Å². The molecule has 2 heterocycles. The van der Waals surface area contributed by atoms with Gasteiger partial charge in [0.15, 0.2) is 0 Å². The van der Waals surface area contributed by atoms with Gasteiger partial charge in [0, 0.05) is 18.8 Å². The van der Waals surface area contributed by atoms with E-state index in [2.05, 4.69) is 0 Å². The molecule has 1 saturated heterocycles. The minimum atomic E-state index is -0.588. The van der Waals surface area contributed by atoms with Gasteiger partial charge in [0.25, 0.3) is 11.5 Å². The van der Waals surface area contributed by atoms with Crippen LogP contribution in [0.15, 0.2) is 10.9 Å². The van der Waals surface area contributed by atoms with E-state index in [1.165, 1.54) is 31.3 Å². The number of methoxy groups -OCH3 is 1. The number of carbonyl (C=O) groups excluding carboxylic acids is 2. The Bertz CT molecular complexity index is 777. The van der Waals surface area contributed by atoms with Crippen LogP contribution in [0.2, 0.25) is 0 Å². The number of esters is 1. The molecule has 0 spiro atoms. The van der Waals surface area contributed by atoms with Crippen LogP contribution in [0, 0.1) is 19.8 Å². The molecule has 1 atom stereocenters. The van der Waals surface area contributed by atoms with Crippen LogP contribution in [0.3, 0.4) is 0 Å². The Morgan fingerprint density at radius 1 is 1.11 bits per heavy atom. The van der Waals surface area contributed by atoms with Crippen LogP contribution >= 0.6 is 0 Å². The number of hydrogen-bond donors (Lipinski definition) is 0. The quantitative estimate of drug-likeness (QED) is 0.760. The summed E-state index contributed by atoms with van der Waals surface area (Å²) in [5, 5.41) is 0. The summed E-state index contributed by atoms with van der Waals surface area (Å²) in [5.74, 6) is -0.268. The highest BCUT2D eigenvalue weighted by molar-refractivity contribution is 5.97. The lowest BCUT2D eigenvalue weighted by Crippen LogP contribution is -2.44. The third-order valence-corrected chi connectivity index (χ3v) is 6.19. The first-order chi connectivity index (χ1) is 12.9. The Balaban J connectivity index is 1.92. The van der Waals surface area contributed by atoms with Crippen molar-refractivity contribution in [1.29, 1.82) is 0 Å². The molecule has 6 heteroatoms. The third kappa shape index (κ3) is 3.94. The second-order valence-corrected chi connectivity index (χ2v) is 7.93. The monoisotopic (exact) mass is 374 g/mol. The van der Waals surface area contributed by atoms with Crippen LogP contribution in [0.4, 0.5) is 0 Å². The summed E-state index contributed by atoms with van der Waals surface area (Å²) in [7, 11) is 1.33. The van der Waals surface area contributed by atoms with Crippen molar-refractivity contribution < 1.29 is 14.3 Å². The molecular weight excluding hydrogens is 344 g/mol. The standard InChI is InChI=1S/C21H30N2O4/c1-14-12-17(19(24)22-11-7-10-18(22)21(26)27-3)20(25)23(15(14)2)13-16-8-5-4-6-9-16/h12,16,18H,4-11,13H2,1-3H3/t18-/m0/s1. The van der Waals surface area contributed by atoms with Crippen LogP contribution in [-0.2, 0) is 16.1 Å². The van der Waals surface area contributed by atoms with Crippen molar-refractivity contribution in [3.63, 3.8) is 0 Å². The summed E-state index contributed by atoms with van der Waals surface area (Å²) in [6, 6.07) is 1.10. The highest BCUT2D eigenvalue weighted by Gasteiger charge is 2.36. The van der Waals surface area contributed by atoms with Crippen molar-refractivity contribution in [3.05, 3.63) is 33.2 Å². The molecule has 1 amide bonds. The molecule has 0 unspecified atom stereocenters. The molecule has 1 aromatic rings. The van der Waals surface area contributed by atoms with Crippen LogP contribution < -0.4 is 5.56 Å². The van der Waals surface area contributed by atoms with Gasteiger partial charge in [-0.1, -0.05) is 19.3 Å². The van der Waals surface area contributed by atoms with Crippen molar-refractivity contribution in [2.24, 2.45) is 5.92 Å². The molecule has 0 N–H and O–H groups in total. The van der Waals surface area contributed by atoms with Gasteiger partial charge < -0.3 is 14.2 Å². The van der Waals surface area contributed by atoms with Crippen molar-refractivity contribution in [1.82, 2.24) is 9.47 Å². The summed E-state index contributed by atoms with van der Waals surface area (Å²) in [4.78, 5) is 39.8. The number of likely N-dealkylation sites (tertiary alicyclic amines) is 1. The fraction of sp³-hybridized carbons (Fsp3) is 0.667. The molecule has 2 fully saturated rings. The van der Waals surface area contributed by atoms with Crippen LogP contribution in [-0.4, -0.2) is 41.0 Å². The fourth-order valence-corrected chi connectivity index (χ4v) is 4.44. The highest BCUT2D eigenvalue weighted by Crippen LogP contribution is 2.26. The van der Waals surface area contributed by atoms with Gasteiger partial charge in [0.1, 0.15) is 11.6 Å². The minimum absolute atomic E-state index is 0.171. The second kappa shape index (κ2) is 8.28. The van der Waals surface area contributed by atoms with E-state index in [1.54, 1.807) is 10.6 Å². The van der Waals surface area contributed by atoms with E-state index in [-0.39, 0.29) is 17.0 Å². The van der Waals surface area contributed by atoms with E-state index in [9.17, 15) is 14.4 Å². The summed E-state index contributed by atoms with van der Waals surface area (Å²) in [5.41, 5.74) is 1.80. The van der Waals surface area contributed by atoms with Gasteiger partial charge in [-0.3, -0.25) is 9.59 Å². The fourth-order valence-electron chi connectivity index (χ4n) is 4.44. The van der Waals surface area contributed by atoms with Gasteiger partial charge in [-0.25, -0.2) is 4.79 Å². The predicted molar refractivity (Wildman–Crippen MR) is 103 cm³/mol. The number of ether oxygens (including phenoxy) is 1. The number of rotatable bonds is 4. The van der Waals surface area contributed by atoms with Gasteiger partial charge in [-0.05, 0) is 57.1 Å². The summed E-state index contributed by atoms with van der Waals surface area (Å²) < 4.78 is 6.61. The van der Waals surface area contributed by atoms with E-state index in [0.29, 0.717) is 25.4 Å². The summed E-state index contributed by atoms with van der Waals surface area (Å²) in [6.07, 6.45) is 7.30. The Labute approximate surface area is 160 Å². The molecule has 3 rings (SSSR count). The lowest BCUT2D eigenvalue weighted by molar-refractivity contribution is -0.145. The molecule has 1 aliphatic heterocycles. The zero-order valence-corrected chi connectivity index (χ0v) is 16.6. The molecule has 148 valence electrons. The lowest BCUT2D eigenvalue weighted by atomic mass is 9.89. The van der Waals surface area contributed by atoms with Gasteiger partial charge in [0.2, 0.25) is 0 Å². The highest BCUT2D eigenvalue weighted by atomic mass is 16.5. The normalized spacial score (nSPS) is 20.7. The van der Waals surface area contributed by atoms with Crippen molar-refractivity contribution in [2.75, 3.05) is 13.7 Å². The van der Waals surface area contributed by atoms with Crippen molar-refractivity contribution in [2.45, 2.75) is 71.4 Å². The number of aromatic nitrogens is 1. The summed E-state index contributed by atoms with van der Waals surface area (Å²) in [6.45, 7) is 5.03.